The lowest BCUT2D eigenvalue weighted by atomic mass is 10.2. The van der Waals surface area contributed by atoms with Crippen molar-refractivity contribution in [1.82, 2.24) is 20.3 Å². The predicted molar refractivity (Wildman–Crippen MR) is 121 cm³/mol. The van der Waals surface area contributed by atoms with E-state index in [2.05, 4.69) is 43.8 Å². The molecule has 0 unspecified atom stereocenters. The molecule has 5 aromatic rings. The summed E-state index contributed by atoms with van der Waals surface area (Å²) in [7, 11) is 0. The molecular weight excluding hydrogens is 394 g/mol. The molecular formula is C23H19N5OS. The number of aryl methyl sites for hydroxylation is 1. The molecule has 148 valence electrons. The zero-order chi connectivity index (χ0) is 20.5. The summed E-state index contributed by atoms with van der Waals surface area (Å²) in [6, 6.07) is 15.9. The molecule has 4 heterocycles. The SMILES string of the molecule is Cc1cc2cc(Nc3ccnc4cc(C(=O)NCc5ccncc5)sc34)ccc2[nH]1. The van der Waals surface area contributed by atoms with Crippen LogP contribution in [0.1, 0.15) is 20.9 Å². The number of amides is 1. The van der Waals surface area contributed by atoms with Gasteiger partial charge in [-0.3, -0.25) is 14.8 Å². The van der Waals surface area contributed by atoms with E-state index in [9.17, 15) is 4.79 Å². The maximum Gasteiger partial charge on any atom is 0.261 e. The molecule has 0 aliphatic rings. The standard InChI is InChI=1S/C23H19N5OS/c1-14-10-16-11-17(2-3-18(16)27-14)28-19-6-9-25-20-12-21(30-22(19)20)23(29)26-13-15-4-7-24-8-5-15/h2-12,27H,13H2,1H3,(H,25,28)(H,26,29). The number of carbonyl (C=O) groups is 1. The number of pyridine rings is 2. The normalized spacial score (nSPS) is 11.1. The zero-order valence-corrected chi connectivity index (χ0v) is 17.1. The van der Waals surface area contributed by atoms with Gasteiger partial charge in [0.1, 0.15) is 0 Å². The highest BCUT2D eigenvalue weighted by Crippen LogP contribution is 2.33. The summed E-state index contributed by atoms with van der Waals surface area (Å²) in [6.07, 6.45) is 5.19. The highest BCUT2D eigenvalue weighted by atomic mass is 32.1. The van der Waals surface area contributed by atoms with E-state index in [1.807, 2.05) is 37.3 Å². The highest BCUT2D eigenvalue weighted by Gasteiger charge is 2.13. The Hall–Kier alpha value is -3.71. The van der Waals surface area contributed by atoms with Crippen LogP contribution in [-0.4, -0.2) is 20.9 Å². The van der Waals surface area contributed by atoms with Crippen LogP contribution in [0.4, 0.5) is 11.4 Å². The first-order chi connectivity index (χ1) is 14.7. The third-order valence-electron chi connectivity index (χ3n) is 4.87. The van der Waals surface area contributed by atoms with E-state index in [0.717, 1.165) is 43.8 Å². The second-order valence-electron chi connectivity index (χ2n) is 7.10. The van der Waals surface area contributed by atoms with Crippen LogP contribution in [0, 0.1) is 6.92 Å². The molecule has 7 heteroatoms. The molecule has 0 radical (unpaired) electrons. The number of hydrogen-bond acceptors (Lipinski definition) is 5. The fourth-order valence-corrected chi connectivity index (χ4v) is 4.43. The highest BCUT2D eigenvalue weighted by molar-refractivity contribution is 7.21. The minimum Gasteiger partial charge on any atom is -0.359 e. The number of anilines is 2. The Bertz CT molecular complexity index is 1360. The van der Waals surface area contributed by atoms with Gasteiger partial charge in [-0.25, -0.2) is 0 Å². The first-order valence-electron chi connectivity index (χ1n) is 9.58. The monoisotopic (exact) mass is 413 g/mol. The molecule has 0 saturated heterocycles. The molecule has 0 fully saturated rings. The van der Waals surface area contributed by atoms with E-state index >= 15 is 0 Å². The fourth-order valence-electron chi connectivity index (χ4n) is 3.43. The molecule has 0 saturated carbocycles. The maximum absolute atomic E-state index is 12.6. The molecule has 4 aromatic heterocycles. The number of nitrogens with zero attached hydrogens (tertiary/aromatic N) is 2. The third kappa shape index (κ3) is 3.62. The molecule has 5 rings (SSSR count). The summed E-state index contributed by atoms with van der Waals surface area (Å²) in [6.45, 7) is 2.51. The topological polar surface area (TPSA) is 82.7 Å². The Morgan fingerprint density at radius 2 is 1.93 bits per heavy atom. The van der Waals surface area contributed by atoms with Crippen molar-refractivity contribution in [2.24, 2.45) is 0 Å². The van der Waals surface area contributed by atoms with Crippen molar-refractivity contribution in [2.45, 2.75) is 13.5 Å². The molecule has 1 aromatic carbocycles. The summed E-state index contributed by atoms with van der Waals surface area (Å²) < 4.78 is 0.955. The van der Waals surface area contributed by atoms with E-state index in [-0.39, 0.29) is 5.91 Å². The molecule has 1 amide bonds. The molecule has 0 spiro atoms. The van der Waals surface area contributed by atoms with Crippen molar-refractivity contribution in [2.75, 3.05) is 5.32 Å². The van der Waals surface area contributed by atoms with Gasteiger partial charge in [0.15, 0.2) is 0 Å². The summed E-state index contributed by atoms with van der Waals surface area (Å²) in [5, 5.41) is 7.59. The van der Waals surface area contributed by atoms with Gasteiger partial charge < -0.3 is 15.6 Å². The third-order valence-corrected chi connectivity index (χ3v) is 6.03. The lowest BCUT2D eigenvalue weighted by Crippen LogP contribution is -2.21. The number of aromatic amines is 1. The predicted octanol–water partition coefficient (Wildman–Crippen LogP) is 5.15. The van der Waals surface area contributed by atoms with Crippen molar-refractivity contribution >= 4 is 49.7 Å². The molecule has 0 aliphatic heterocycles. The van der Waals surface area contributed by atoms with E-state index < -0.39 is 0 Å². The van der Waals surface area contributed by atoms with Crippen LogP contribution in [-0.2, 0) is 6.54 Å². The minimum atomic E-state index is -0.107. The summed E-state index contributed by atoms with van der Waals surface area (Å²) in [4.78, 5) is 25.0. The van der Waals surface area contributed by atoms with Crippen LogP contribution in [0.25, 0.3) is 21.1 Å². The Morgan fingerprint density at radius 1 is 1.07 bits per heavy atom. The zero-order valence-electron chi connectivity index (χ0n) is 16.3. The van der Waals surface area contributed by atoms with Crippen LogP contribution >= 0.6 is 11.3 Å². The number of thiophene rings is 1. The van der Waals surface area contributed by atoms with E-state index in [0.29, 0.717) is 11.4 Å². The minimum absolute atomic E-state index is 0.107. The number of H-pyrrole nitrogens is 1. The van der Waals surface area contributed by atoms with Gasteiger partial charge in [-0.1, -0.05) is 0 Å². The van der Waals surface area contributed by atoms with Gasteiger partial charge in [-0.15, -0.1) is 11.3 Å². The Balaban J connectivity index is 1.39. The molecule has 0 atom stereocenters. The smallest absolute Gasteiger partial charge is 0.261 e. The first-order valence-corrected chi connectivity index (χ1v) is 10.4. The number of benzene rings is 1. The van der Waals surface area contributed by atoms with E-state index in [4.69, 9.17) is 0 Å². The van der Waals surface area contributed by atoms with Gasteiger partial charge in [-0.2, -0.15) is 0 Å². The number of nitrogens with one attached hydrogen (secondary N) is 3. The number of carbonyl (C=O) groups excluding carboxylic acids is 1. The lowest BCUT2D eigenvalue weighted by molar-refractivity contribution is 0.0955. The van der Waals surface area contributed by atoms with Gasteiger partial charge in [-0.05, 0) is 61.0 Å². The quantitative estimate of drug-likeness (QED) is 0.372. The summed E-state index contributed by atoms with van der Waals surface area (Å²) in [5.41, 5.74) is 5.99. The van der Waals surface area contributed by atoms with Crippen molar-refractivity contribution in [3.05, 3.63) is 83.3 Å². The van der Waals surface area contributed by atoms with Crippen molar-refractivity contribution < 1.29 is 4.79 Å². The molecule has 0 bridgehead atoms. The Labute approximate surface area is 177 Å². The second kappa shape index (κ2) is 7.61. The van der Waals surface area contributed by atoms with Crippen LogP contribution in [0.15, 0.2) is 67.1 Å². The van der Waals surface area contributed by atoms with Crippen molar-refractivity contribution in [3.63, 3.8) is 0 Å². The average Bonchev–Trinajstić information content (AvgIpc) is 3.36. The molecule has 30 heavy (non-hydrogen) atoms. The second-order valence-corrected chi connectivity index (χ2v) is 8.15. The van der Waals surface area contributed by atoms with Crippen LogP contribution in [0.2, 0.25) is 0 Å². The summed E-state index contributed by atoms with van der Waals surface area (Å²) >= 11 is 1.44. The molecule has 0 aliphatic carbocycles. The van der Waals surface area contributed by atoms with Gasteiger partial charge in [0.2, 0.25) is 0 Å². The van der Waals surface area contributed by atoms with Gasteiger partial charge in [0.25, 0.3) is 5.91 Å². The fraction of sp³-hybridized carbons (Fsp3) is 0.0870. The number of hydrogen-bond donors (Lipinski definition) is 3. The van der Waals surface area contributed by atoms with Crippen LogP contribution in [0.5, 0.6) is 0 Å². The maximum atomic E-state index is 12.6. The number of rotatable bonds is 5. The average molecular weight is 414 g/mol. The van der Waals surface area contributed by atoms with Crippen LogP contribution in [0.3, 0.4) is 0 Å². The Morgan fingerprint density at radius 3 is 2.80 bits per heavy atom. The van der Waals surface area contributed by atoms with Gasteiger partial charge in [0, 0.05) is 47.4 Å². The van der Waals surface area contributed by atoms with Crippen molar-refractivity contribution in [3.8, 4) is 0 Å². The summed E-state index contributed by atoms with van der Waals surface area (Å²) in [5.74, 6) is -0.107. The molecule has 6 nitrogen and oxygen atoms in total. The van der Waals surface area contributed by atoms with Gasteiger partial charge >= 0.3 is 0 Å². The molecule has 3 N–H and O–H groups in total. The van der Waals surface area contributed by atoms with E-state index in [1.54, 1.807) is 18.6 Å². The number of aromatic nitrogens is 3. The lowest BCUT2D eigenvalue weighted by Gasteiger charge is -2.07. The van der Waals surface area contributed by atoms with Gasteiger partial charge in [0.05, 0.1) is 20.8 Å². The first kappa shape index (κ1) is 18.3. The van der Waals surface area contributed by atoms with Crippen LogP contribution < -0.4 is 10.6 Å². The largest absolute Gasteiger partial charge is 0.359 e. The Kier molecular flexibility index (Phi) is 4.65. The number of fused-ring (bicyclic) bond motifs is 2. The van der Waals surface area contributed by atoms with Crippen molar-refractivity contribution in [1.29, 1.82) is 0 Å². The van der Waals surface area contributed by atoms with E-state index in [1.165, 1.54) is 11.3 Å².